The number of fused-ring (bicyclic) bond motifs is 2. The molecule has 14 heteroatoms. The molecule has 1 aromatic heterocycles. The van der Waals surface area contributed by atoms with Gasteiger partial charge >= 0.3 is 0 Å². The Balaban J connectivity index is 1.72. The van der Waals surface area contributed by atoms with Gasteiger partial charge in [-0.05, 0) is 49.8 Å². The Morgan fingerprint density at radius 2 is 1.76 bits per heavy atom. The van der Waals surface area contributed by atoms with E-state index in [9.17, 15) is 31.2 Å². The Morgan fingerprint density at radius 3 is 2.39 bits per heavy atom. The van der Waals surface area contributed by atoms with Crippen LogP contribution in [0.5, 0.6) is 11.5 Å². The van der Waals surface area contributed by atoms with Gasteiger partial charge < -0.3 is 14.4 Å². The summed E-state index contributed by atoms with van der Waals surface area (Å²) >= 11 is 0. The van der Waals surface area contributed by atoms with Crippen molar-refractivity contribution in [1.82, 2.24) is 4.57 Å². The molecular formula is C27H31N4O8S2+. The Morgan fingerprint density at radius 1 is 1.05 bits per heavy atom. The fraction of sp³-hybridized carbons (Fsp3) is 0.333. The molecule has 12 nitrogen and oxygen atoms in total. The topological polar surface area (TPSA) is 163 Å². The molecular weight excluding hydrogens is 572 g/mol. The van der Waals surface area contributed by atoms with Gasteiger partial charge in [-0.2, -0.15) is 22.1 Å². The van der Waals surface area contributed by atoms with Gasteiger partial charge in [0, 0.05) is 31.2 Å². The first-order valence-corrected chi connectivity index (χ1v) is 16.0. The molecule has 0 saturated carbocycles. The third kappa shape index (κ3) is 7.25. The first kappa shape index (κ1) is 30.1. The summed E-state index contributed by atoms with van der Waals surface area (Å²) in [6, 6.07) is 12.7. The summed E-state index contributed by atoms with van der Waals surface area (Å²) in [5.41, 5.74) is 2.75. The minimum Gasteiger partial charge on any atom is -0.497 e. The zero-order chi connectivity index (χ0) is 29.8. The number of methoxy groups -OCH3 is 1. The van der Waals surface area contributed by atoms with Gasteiger partial charge in [-0.1, -0.05) is 0 Å². The van der Waals surface area contributed by atoms with E-state index in [1.54, 1.807) is 47.4 Å². The summed E-state index contributed by atoms with van der Waals surface area (Å²) in [7, 11) is -6.73. The molecule has 2 N–H and O–H groups in total. The van der Waals surface area contributed by atoms with Crippen LogP contribution in [0.1, 0.15) is 31.2 Å². The van der Waals surface area contributed by atoms with Crippen molar-refractivity contribution < 1.29 is 40.0 Å². The van der Waals surface area contributed by atoms with Gasteiger partial charge in [-0.25, -0.2) is 9.13 Å². The van der Waals surface area contributed by atoms with Crippen LogP contribution in [-0.4, -0.2) is 55.7 Å². The number of nitriles is 1. The van der Waals surface area contributed by atoms with E-state index >= 15 is 0 Å². The average molecular weight is 604 g/mol. The number of nitrogens with zero attached hydrogens (tertiary/aromatic N) is 4. The van der Waals surface area contributed by atoms with Crippen LogP contribution in [0.2, 0.25) is 0 Å². The van der Waals surface area contributed by atoms with Crippen LogP contribution in [0.4, 0.5) is 5.69 Å². The van der Waals surface area contributed by atoms with Gasteiger partial charge in [0.2, 0.25) is 5.88 Å². The number of benzene rings is 2. The summed E-state index contributed by atoms with van der Waals surface area (Å²) in [6.07, 6.45) is 5.63. The molecule has 218 valence electrons. The van der Waals surface area contributed by atoms with Crippen molar-refractivity contribution in [3.8, 4) is 17.6 Å². The molecule has 3 aromatic rings. The summed E-state index contributed by atoms with van der Waals surface area (Å²) < 4.78 is 79.0. The third-order valence-electron chi connectivity index (χ3n) is 6.55. The molecule has 0 unspecified atom stereocenters. The second-order valence-corrected chi connectivity index (χ2v) is 12.4. The lowest BCUT2D eigenvalue weighted by Crippen LogP contribution is -2.35. The molecule has 0 aliphatic carbocycles. The summed E-state index contributed by atoms with van der Waals surface area (Å²) in [5, 5.41) is 9.43. The number of aryl methyl sites for hydroxylation is 2. The first-order valence-electron chi connectivity index (χ1n) is 12.8. The van der Waals surface area contributed by atoms with Gasteiger partial charge in [-0.15, -0.1) is 0 Å². The fourth-order valence-corrected chi connectivity index (χ4v) is 5.75. The molecule has 0 spiro atoms. The Labute approximate surface area is 238 Å². The number of allylic oxidation sites excluding steroid dienone is 2. The van der Waals surface area contributed by atoms with Crippen LogP contribution < -0.4 is 18.9 Å². The third-order valence-corrected chi connectivity index (χ3v) is 8.15. The van der Waals surface area contributed by atoms with Crippen LogP contribution in [-0.2, 0) is 33.3 Å². The van der Waals surface area contributed by atoms with E-state index in [1.807, 2.05) is 28.2 Å². The molecule has 0 atom stereocenters. The predicted molar refractivity (Wildman–Crippen MR) is 153 cm³/mol. The highest BCUT2D eigenvalue weighted by atomic mass is 32.2. The normalized spacial score (nSPS) is 14.5. The highest BCUT2D eigenvalue weighted by molar-refractivity contribution is 7.86. The number of ether oxygens (including phenoxy) is 2. The molecule has 0 bridgehead atoms. The van der Waals surface area contributed by atoms with Crippen LogP contribution >= 0.6 is 0 Å². The van der Waals surface area contributed by atoms with E-state index < -0.39 is 31.7 Å². The maximum atomic E-state index is 11.3. The monoisotopic (exact) mass is 603 g/mol. The van der Waals surface area contributed by atoms with E-state index in [2.05, 4.69) is 6.07 Å². The molecule has 1 aliphatic rings. The van der Waals surface area contributed by atoms with Crippen LogP contribution in [0, 0.1) is 11.3 Å². The van der Waals surface area contributed by atoms with E-state index in [4.69, 9.17) is 9.47 Å². The summed E-state index contributed by atoms with van der Waals surface area (Å²) in [4.78, 5) is 1.79. The van der Waals surface area contributed by atoms with Crippen molar-refractivity contribution in [3.05, 3.63) is 65.8 Å². The Bertz CT molecular complexity index is 1770. The molecule has 41 heavy (non-hydrogen) atoms. The largest absolute Gasteiger partial charge is 0.497 e. The van der Waals surface area contributed by atoms with Gasteiger partial charge in [0.25, 0.3) is 26.1 Å². The van der Waals surface area contributed by atoms with Crippen LogP contribution in [0.3, 0.4) is 0 Å². The number of hydrogen-bond donors (Lipinski definition) is 2. The van der Waals surface area contributed by atoms with Crippen LogP contribution in [0.25, 0.3) is 17.1 Å². The second-order valence-electron chi connectivity index (χ2n) is 9.30. The minimum absolute atomic E-state index is 0.152. The summed E-state index contributed by atoms with van der Waals surface area (Å²) in [5.74, 6) is 1.52. The number of aromatic nitrogens is 2. The predicted octanol–water partition coefficient (Wildman–Crippen LogP) is 3.14. The molecule has 2 heterocycles. The molecule has 0 fully saturated rings. The molecule has 0 radical (unpaired) electrons. The number of rotatable bonds is 12. The maximum Gasteiger partial charge on any atom is 0.282 e. The van der Waals surface area contributed by atoms with Crippen molar-refractivity contribution in [3.63, 3.8) is 0 Å². The molecule has 2 aromatic carbocycles. The number of anilines is 1. The molecule has 0 saturated heterocycles. The molecule has 4 rings (SSSR count). The SMILES string of the molecule is CC[n+]1c(C=CC=C2Oc3ccc(OC)cc3N2CCCS(=O)(=O)O)n(CCCS(=O)(=O)O)c2cc(C#N)ccc21. The zero-order valence-electron chi connectivity index (χ0n) is 22.6. The lowest BCUT2D eigenvalue weighted by atomic mass is 10.2. The second kappa shape index (κ2) is 12.3. The maximum absolute atomic E-state index is 11.3. The quantitative estimate of drug-likeness (QED) is 0.232. The van der Waals surface area contributed by atoms with Gasteiger partial charge in [0.15, 0.2) is 16.8 Å². The fourth-order valence-electron chi connectivity index (χ4n) is 4.77. The van der Waals surface area contributed by atoms with E-state index in [0.29, 0.717) is 35.2 Å². The smallest absolute Gasteiger partial charge is 0.282 e. The van der Waals surface area contributed by atoms with E-state index in [0.717, 1.165) is 16.9 Å². The molecule has 0 amide bonds. The molecule has 1 aliphatic heterocycles. The van der Waals surface area contributed by atoms with Crippen molar-refractivity contribution in [2.75, 3.05) is 30.1 Å². The van der Waals surface area contributed by atoms with E-state index in [1.165, 1.54) is 7.11 Å². The van der Waals surface area contributed by atoms with Crippen molar-refractivity contribution in [2.24, 2.45) is 0 Å². The minimum atomic E-state index is -4.14. The van der Waals surface area contributed by atoms with Crippen molar-refractivity contribution >= 4 is 43.0 Å². The Hall–Kier alpha value is -3.90. The first-order chi connectivity index (χ1) is 19.4. The Kier molecular flexibility index (Phi) is 9.03. The van der Waals surface area contributed by atoms with Gasteiger partial charge in [0.1, 0.15) is 5.75 Å². The average Bonchev–Trinajstić information content (AvgIpc) is 3.40. The lowest BCUT2D eigenvalue weighted by Gasteiger charge is -2.18. The van der Waals surface area contributed by atoms with Gasteiger partial charge in [0.05, 0.1) is 49.0 Å². The number of hydrogen-bond acceptors (Lipinski definition) is 8. The van der Waals surface area contributed by atoms with Crippen molar-refractivity contribution in [2.45, 2.75) is 32.9 Å². The highest BCUT2D eigenvalue weighted by Gasteiger charge is 2.27. The zero-order valence-corrected chi connectivity index (χ0v) is 24.2. The highest BCUT2D eigenvalue weighted by Crippen LogP contribution is 2.41. The van der Waals surface area contributed by atoms with E-state index in [-0.39, 0.29) is 25.9 Å². The lowest BCUT2D eigenvalue weighted by molar-refractivity contribution is -0.670. The van der Waals surface area contributed by atoms with Crippen molar-refractivity contribution in [1.29, 1.82) is 5.26 Å². The van der Waals surface area contributed by atoms with Crippen LogP contribution in [0.15, 0.2) is 54.4 Å². The van der Waals surface area contributed by atoms with Gasteiger partial charge in [-0.3, -0.25) is 9.11 Å². The number of imidazole rings is 1. The standard InChI is InChI=1S/C27H30N4O8S2/c1-3-29-22-11-9-20(19-28)17-23(22)30(13-5-15-40(32,33)34)26(29)7-4-8-27-31(14-6-16-41(35,36)37)24-18-21(38-2)10-12-25(24)39-27/h4,7-12,17-18H,3,5-6,13-16H2,1-2H3,(H-,32,33,34,35,36,37)/p+1. The summed E-state index contributed by atoms with van der Waals surface area (Å²) in [6.45, 7) is 3.09.